The third kappa shape index (κ3) is 5.35. The van der Waals surface area contributed by atoms with Crippen molar-refractivity contribution in [2.75, 3.05) is 11.1 Å². The molecular weight excluding hydrogens is 458 g/mol. The van der Waals surface area contributed by atoms with E-state index in [1.165, 1.54) is 28.0 Å². The van der Waals surface area contributed by atoms with Gasteiger partial charge in [0, 0.05) is 33.3 Å². The first-order valence-electron chi connectivity index (χ1n) is 10.2. The van der Waals surface area contributed by atoms with Crippen LogP contribution in [0.2, 0.25) is 0 Å². The summed E-state index contributed by atoms with van der Waals surface area (Å²) in [6, 6.07) is 12.1. The lowest BCUT2D eigenvalue weighted by Gasteiger charge is -2.06. The Labute approximate surface area is 199 Å². The summed E-state index contributed by atoms with van der Waals surface area (Å²) >= 11 is 4.52. The molecule has 0 atom stereocenters. The van der Waals surface area contributed by atoms with E-state index in [1.54, 1.807) is 11.3 Å². The molecule has 0 aliphatic heterocycles. The van der Waals surface area contributed by atoms with Gasteiger partial charge in [-0.25, -0.2) is 4.98 Å². The lowest BCUT2D eigenvalue weighted by molar-refractivity contribution is -0.113. The standard InChI is InChI=1S/C23H23N5OS3/c1-3-8-18-12-17(13-30-18)21-26-27-23(28(21)11-4-2)32-15-20(29)25-22-24-19(14-31-22)16-9-6-5-7-10-16/h4-7,9-10,12-14H,2-3,8,11,15H2,1H3,(H,24,25,29). The number of hydrogen-bond donors (Lipinski definition) is 1. The van der Waals surface area contributed by atoms with Crippen LogP contribution in [0.5, 0.6) is 0 Å². The number of amides is 1. The quantitative estimate of drug-likeness (QED) is 0.222. The minimum absolute atomic E-state index is 0.126. The highest BCUT2D eigenvalue weighted by Gasteiger charge is 2.17. The van der Waals surface area contributed by atoms with Crippen LogP contribution in [0.1, 0.15) is 18.2 Å². The van der Waals surface area contributed by atoms with Gasteiger partial charge in [0.15, 0.2) is 16.1 Å². The number of thiophene rings is 1. The molecule has 0 spiro atoms. The summed E-state index contributed by atoms with van der Waals surface area (Å²) in [5.41, 5.74) is 2.94. The van der Waals surface area contributed by atoms with Gasteiger partial charge in [-0.1, -0.05) is 61.5 Å². The Morgan fingerprint density at radius 1 is 1.19 bits per heavy atom. The van der Waals surface area contributed by atoms with E-state index in [4.69, 9.17) is 0 Å². The van der Waals surface area contributed by atoms with E-state index < -0.39 is 0 Å². The molecule has 0 aliphatic rings. The lowest BCUT2D eigenvalue weighted by atomic mass is 10.2. The fourth-order valence-electron chi connectivity index (χ4n) is 3.14. The predicted molar refractivity (Wildman–Crippen MR) is 134 cm³/mol. The number of rotatable bonds is 10. The van der Waals surface area contributed by atoms with Gasteiger partial charge in [-0.3, -0.25) is 9.36 Å². The summed E-state index contributed by atoms with van der Waals surface area (Å²) in [4.78, 5) is 18.4. The van der Waals surface area contributed by atoms with Crippen molar-refractivity contribution in [2.45, 2.75) is 31.5 Å². The minimum atomic E-state index is -0.126. The van der Waals surface area contributed by atoms with Crippen LogP contribution >= 0.6 is 34.4 Å². The van der Waals surface area contributed by atoms with E-state index >= 15 is 0 Å². The van der Waals surface area contributed by atoms with Crippen molar-refractivity contribution in [3.05, 3.63) is 64.7 Å². The number of anilines is 1. The van der Waals surface area contributed by atoms with Gasteiger partial charge in [0.25, 0.3) is 0 Å². The first-order valence-corrected chi connectivity index (χ1v) is 13.0. The summed E-state index contributed by atoms with van der Waals surface area (Å²) in [6.07, 6.45) is 3.99. The van der Waals surface area contributed by atoms with Crippen LogP contribution < -0.4 is 5.32 Å². The average Bonchev–Trinajstić information content (AvgIpc) is 3.54. The van der Waals surface area contributed by atoms with Crippen LogP contribution in [0, 0.1) is 0 Å². The van der Waals surface area contributed by atoms with Gasteiger partial charge in [-0.15, -0.1) is 39.4 Å². The summed E-state index contributed by atoms with van der Waals surface area (Å²) in [6.45, 7) is 6.61. The number of allylic oxidation sites excluding steroid dienone is 1. The molecule has 9 heteroatoms. The topological polar surface area (TPSA) is 72.7 Å². The Morgan fingerprint density at radius 3 is 2.81 bits per heavy atom. The largest absolute Gasteiger partial charge is 0.301 e. The molecule has 1 amide bonds. The first kappa shape index (κ1) is 22.4. The first-order chi connectivity index (χ1) is 15.7. The second-order valence-electron chi connectivity index (χ2n) is 7.00. The molecule has 3 aromatic heterocycles. The van der Waals surface area contributed by atoms with Crippen molar-refractivity contribution in [3.63, 3.8) is 0 Å². The maximum Gasteiger partial charge on any atom is 0.236 e. The normalized spacial score (nSPS) is 10.9. The minimum Gasteiger partial charge on any atom is -0.301 e. The number of aryl methyl sites for hydroxylation is 1. The molecular formula is C23H23N5OS3. The molecule has 0 fully saturated rings. The summed E-state index contributed by atoms with van der Waals surface area (Å²) < 4.78 is 2.00. The van der Waals surface area contributed by atoms with Crippen LogP contribution in [0.25, 0.3) is 22.6 Å². The van der Waals surface area contributed by atoms with Gasteiger partial charge in [0.1, 0.15) is 0 Å². The number of aromatic nitrogens is 4. The van der Waals surface area contributed by atoms with E-state index in [0.29, 0.717) is 16.8 Å². The zero-order valence-electron chi connectivity index (χ0n) is 17.7. The maximum atomic E-state index is 12.5. The molecule has 1 aromatic carbocycles. The zero-order chi connectivity index (χ0) is 22.3. The lowest BCUT2D eigenvalue weighted by Crippen LogP contribution is -2.14. The van der Waals surface area contributed by atoms with Crippen molar-refractivity contribution < 1.29 is 4.79 Å². The molecule has 164 valence electrons. The van der Waals surface area contributed by atoms with Crippen LogP contribution in [0.3, 0.4) is 0 Å². The molecule has 6 nitrogen and oxygen atoms in total. The van der Waals surface area contributed by atoms with Crippen molar-refractivity contribution in [1.29, 1.82) is 0 Å². The molecule has 3 heterocycles. The van der Waals surface area contributed by atoms with Gasteiger partial charge in [-0.05, 0) is 12.5 Å². The molecule has 4 rings (SSSR count). The number of thiazole rings is 1. The van der Waals surface area contributed by atoms with Crippen molar-refractivity contribution in [1.82, 2.24) is 19.7 Å². The fraction of sp³-hybridized carbons (Fsp3) is 0.217. The van der Waals surface area contributed by atoms with E-state index in [-0.39, 0.29) is 11.7 Å². The van der Waals surface area contributed by atoms with Crippen molar-refractivity contribution in [2.24, 2.45) is 0 Å². The van der Waals surface area contributed by atoms with E-state index in [9.17, 15) is 4.79 Å². The maximum absolute atomic E-state index is 12.5. The Balaban J connectivity index is 1.41. The fourth-order valence-corrected chi connectivity index (χ4v) is 5.59. The molecule has 0 radical (unpaired) electrons. The zero-order valence-corrected chi connectivity index (χ0v) is 20.1. The van der Waals surface area contributed by atoms with E-state index in [2.05, 4.69) is 45.4 Å². The smallest absolute Gasteiger partial charge is 0.236 e. The van der Waals surface area contributed by atoms with Crippen LogP contribution in [0.15, 0.2) is 65.0 Å². The monoisotopic (exact) mass is 481 g/mol. The number of carbonyl (C=O) groups is 1. The predicted octanol–water partition coefficient (Wildman–Crippen LogP) is 6.00. The second-order valence-corrected chi connectivity index (χ2v) is 9.79. The highest BCUT2D eigenvalue weighted by atomic mass is 32.2. The Hall–Kier alpha value is -2.75. The number of hydrogen-bond acceptors (Lipinski definition) is 7. The Morgan fingerprint density at radius 2 is 2.03 bits per heavy atom. The number of thioether (sulfide) groups is 1. The van der Waals surface area contributed by atoms with E-state index in [0.717, 1.165) is 35.5 Å². The number of benzene rings is 1. The third-order valence-electron chi connectivity index (χ3n) is 4.59. The van der Waals surface area contributed by atoms with Crippen LogP contribution in [-0.4, -0.2) is 31.4 Å². The van der Waals surface area contributed by atoms with Crippen molar-refractivity contribution in [3.8, 4) is 22.6 Å². The summed E-state index contributed by atoms with van der Waals surface area (Å²) in [7, 11) is 0. The van der Waals surface area contributed by atoms with Gasteiger partial charge >= 0.3 is 0 Å². The van der Waals surface area contributed by atoms with Crippen LogP contribution in [-0.2, 0) is 17.8 Å². The second kappa shape index (κ2) is 10.7. The molecule has 1 N–H and O–H groups in total. The molecule has 0 aliphatic carbocycles. The summed E-state index contributed by atoms with van der Waals surface area (Å²) in [5, 5.41) is 16.9. The molecule has 0 saturated carbocycles. The molecule has 0 unspecified atom stereocenters. The van der Waals surface area contributed by atoms with Crippen molar-refractivity contribution >= 4 is 45.5 Å². The Kier molecular flexibility index (Phi) is 7.51. The Bertz CT molecular complexity index is 1200. The number of nitrogens with zero attached hydrogens (tertiary/aromatic N) is 4. The summed E-state index contributed by atoms with van der Waals surface area (Å²) in [5.74, 6) is 0.901. The molecule has 32 heavy (non-hydrogen) atoms. The molecule has 0 saturated heterocycles. The van der Waals surface area contributed by atoms with Gasteiger partial charge in [0.2, 0.25) is 5.91 Å². The van der Waals surface area contributed by atoms with Gasteiger partial charge in [0.05, 0.1) is 11.4 Å². The number of carbonyl (C=O) groups excluding carboxylic acids is 1. The van der Waals surface area contributed by atoms with E-state index in [1.807, 2.05) is 46.4 Å². The van der Waals surface area contributed by atoms with Crippen LogP contribution in [0.4, 0.5) is 5.13 Å². The highest BCUT2D eigenvalue weighted by Crippen LogP contribution is 2.29. The van der Waals surface area contributed by atoms with Gasteiger partial charge in [-0.2, -0.15) is 0 Å². The third-order valence-corrected chi connectivity index (χ3v) is 7.31. The average molecular weight is 482 g/mol. The number of nitrogens with one attached hydrogen (secondary N) is 1. The molecule has 4 aromatic rings. The highest BCUT2D eigenvalue weighted by molar-refractivity contribution is 7.99. The SMILES string of the molecule is C=CCn1c(SCC(=O)Nc2nc(-c3ccccc3)cs2)nnc1-c1csc(CCC)c1. The molecule has 0 bridgehead atoms. The van der Waals surface area contributed by atoms with Gasteiger partial charge < -0.3 is 5.32 Å².